The van der Waals surface area contributed by atoms with Gasteiger partial charge in [-0.2, -0.15) is 0 Å². The van der Waals surface area contributed by atoms with Gasteiger partial charge in [-0.25, -0.2) is 0 Å². The highest BCUT2D eigenvalue weighted by Crippen LogP contribution is 2.15. The van der Waals surface area contributed by atoms with Crippen LogP contribution in [0.4, 0.5) is 0 Å². The lowest BCUT2D eigenvalue weighted by Crippen LogP contribution is -2.53. The third kappa shape index (κ3) is 20.1. The number of carbonyl (C=O) groups is 1. The Morgan fingerprint density at radius 1 is 0.600 bits per heavy atom. The van der Waals surface area contributed by atoms with E-state index in [9.17, 15) is 25.2 Å². The summed E-state index contributed by atoms with van der Waals surface area (Å²) in [7, 11) is 0. The van der Waals surface area contributed by atoms with Crippen LogP contribution in [0.3, 0.4) is 0 Å². The van der Waals surface area contributed by atoms with E-state index >= 15 is 0 Å². The van der Waals surface area contributed by atoms with E-state index in [-0.39, 0.29) is 0 Å². The normalized spacial score (nSPS) is 15.0. The lowest BCUT2D eigenvalue weighted by atomic mass is 9.99. The molecule has 0 bridgehead atoms. The minimum Gasteiger partial charge on any atom is -0.394 e. The number of aliphatic hydroxyl groups excluding tert-OH is 4. The molecule has 0 spiro atoms. The van der Waals surface area contributed by atoms with Crippen molar-refractivity contribution in [1.82, 2.24) is 5.32 Å². The zero-order valence-corrected chi connectivity index (χ0v) is 23.1. The van der Waals surface area contributed by atoms with Crippen LogP contribution in [0, 0.1) is 0 Å². The molecule has 0 aromatic rings. The maximum absolute atomic E-state index is 12.3. The largest absolute Gasteiger partial charge is 0.394 e. The average Bonchev–Trinajstić information content (AvgIpc) is 2.86. The second kappa shape index (κ2) is 25.0. The minimum absolute atomic E-state index is 0.370. The number of aliphatic hydroxyl groups is 4. The summed E-state index contributed by atoms with van der Waals surface area (Å²) in [4.78, 5) is 12.3. The van der Waals surface area contributed by atoms with Gasteiger partial charge in [0.05, 0.1) is 18.8 Å². The van der Waals surface area contributed by atoms with Gasteiger partial charge in [0.1, 0.15) is 12.2 Å². The highest BCUT2D eigenvalue weighted by atomic mass is 16.3. The quantitative estimate of drug-likeness (QED) is 0.0965. The van der Waals surface area contributed by atoms with E-state index in [0.29, 0.717) is 12.8 Å². The van der Waals surface area contributed by atoms with Crippen molar-refractivity contribution in [2.75, 3.05) is 6.61 Å². The van der Waals surface area contributed by atoms with Gasteiger partial charge in [-0.3, -0.25) is 4.79 Å². The van der Waals surface area contributed by atoms with E-state index in [1.54, 1.807) is 0 Å². The summed E-state index contributed by atoms with van der Waals surface area (Å²) >= 11 is 0. The van der Waals surface area contributed by atoms with E-state index in [0.717, 1.165) is 38.5 Å². The van der Waals surface area contributed by atoms with Crippen molar-refractivity contribution in [3.8, 4) is 0 Å². The molecule has 0 aliphatic carbocycles. The molecule has 0 radical (unpaired) electrons. The average molecular weight is 502 g/mol. The first-order valence-corrected chi connectivity index (χ1v) is 14.9. The molecule has 0 aliphatic heterocycles. The molecule has 1 unspecified atom stereocenters. The van der Waals surface area contributed by atoms with Gasteiger partial charge in [-0.15, -0.1) is 0 Å². The molecule has 4 atom stereocenters. The summed E-state index contributed by atoms with van der Waals surface area (Å²) in [5.41, 5.74) is 0. The fraction of sp³-hybridized carbons (Fsp3) is 0.966. The topological polar surface area (TPSA) is 110 Å². The molecule has 0 heterocycles. The third-order valence-corrected chi connectivity index (χ3v) is 7.07. The van der Waals surface area contributed by atoms with Gasteiger partial charge < -0.3 is 25.7 Å². The van der Waals surface area contributed by atoms with Gasteiger partial charge in [-0.1, -0.05) is 136 Å². The molecule has 5 N–H and O–H groups in total. The number of hydrogen-bond acceptors (Lipinski definition) is 5. The van der Waals surface area contributed by atoms with Crippen molar-refractivity contribution >= 4 is 5.91 Å². The lowest BCUT2D eigenvalue weighted by Gasteiger charge is -2.27. The molecule has 1 amide bonds. The van der Waals surface area contributed by atoms with Crippen molar-refractivity contribution in [1.29, 1.82) is 0 Å². The SMILES string of the molecule is CCCCCCCCCCCCCC[C@@H](O)[C@@H](O)[C@H](CO)NC(=O)C(O)CCCCCCCCC. The molecule has 35 heavy (non-hydrogen) atoms. The second-order valence-corrected chi connectivity index (χ2v) is 10.5. The predicted molar refractivity (Wildman–Crippen MR) is 145 cm³/mol. The van der Waals surface area contributed by atoms with Gasteiger partial charge in [0, 0.05) is 0 Å². The molecular weight excluding hydrogens is 442 g/mol. The first-order chi connectivity index (χ1) is 17.0. The zero-order valence-electron chi connectivity index (χ0n) is 23.1. The number of carbonyl (C=O) groups excluding carboxylic acids is 1. The van der Waals surface area contributed by atoms with Crippen LogP contribution in [0.15, 0.2) is 0 Å². The van der Waals surface area contributed by atoms with Crippen LogP contribution in [-0.4, -0.2) is 57.3 Å². The standard InChI is InChI=1S/C29H59NO5/c1-3-5-7-9-11-12-13-14-15-17-18-20-22-26(32)28(34)25(24-31)30-29(35)27(33)23-21-19-16-10-8-6-4-2/h25-28,31-34H,3-24H2,1-2H3,(H,30,35)/t25-,26+,27?,28-/m0/s1. The fourth-order valence-corrected chi connectivity index (χ4v) is 4.58. The van der Waals surface area contributed by atoms with E-state index in [1.807, 2.05) is 0 Å². The number of amides is 1. The molecule has 0 fully saturated rings. The summed E-state index contributed by atoms with van der Waals surface area (Å²) in [6.45, 7) is 3.95. The Bertz CT molecular complexity index is 462. The van der Waals surface area contributed by atoms with Gasteiger partial charge in [0.2, 0.25) is 5.91 Å². The Labute approximate surface area is 216 Å². The van der Waals surface area contributed by atoms with E-state index in [1.165, 1.54) is 83.5 Å². The van der Waals surface area contributed by atoms with E-state index in [2.05, 4.69) is 19.2 Å². The Kier molecular flexibility index (Phi) is 24.5. The van der Waals surface area contributed by atoms with Crippen molar-refractivity contribution < 1.29 is 25.2 Å². The molecule has 6 nitrogen and oxygen atoms in total. The van der Waals surface area contributed by atoms with Crippen molar-refractivity contribution in [3.05, 3.63) is 0 Å². The van der Waals surface area contributed by atoms with Crippen LogP contribution >= 0.6 is 0 Å². The molecule has 0 saturated heterocycles. The van der Waals surface area contributed by atoms with Gasteiger partial charge in [0.25, 0.3) is 0 Å². The Morgan fingerprint density at radius 2 is 0.971 bits per heavy atom. The summed E-state index contributed by atoms with van der Waals surface area (Å²) in [5.74, 6) is -0.591. The first kappa shape index (κ1) is 34.3. The van der Waals surface area contributed by atoms with Gasteiger partial charge >= 0.3 is 0 Å². The van der Waals surface area contributed by atoms with Crippen LogP contribution < -0.4 is 5.32 Å². The smallest absolute Gasteiger partial charge is 0.249 e. The lowest BCUT2D eigenvalue weighted by molar-refractivity contribution is -0.132. The zero-order chi connectivity index (χ0) is 26.2. The number of hydrogen-bond donors (Lipinski definition) is 5. The maximum Gasteiger partial charge on any atom is 0.249 e. The number of nitrogens with one attached hydrogen (secondary N) is 1. The summed E-state index contributed by atoms with van der Waals surface area (Å²) in [6, 6.07) is -0.974. The highest BCUT2D eigenvalue weighted by molar-refractivity contribution is 5.80. The third-order valence-electron chi connectivity index (χ3n) is 7.07. The predicted octanol–water partition coefficient (Wildman–Crippen LogP) is 5.78. The number of unbranched alkanes of at least 4 members (excludes halogenated alkanes) is 17. The summed E-state index contributed by atoms with van der Waals surface area (Å²) < 4.78 is 0. The van der Waals surface area contributed by atoms with Crippen LogP contribution in [0.25, 0.3) is 0 Å². The summed E-state index contributed by atoms with van der Waals surface area (Å²) in [5, 5.41) is 42.9. The van der Waals surface area contributed by atoms with Crippen LogP contribution in [0.5, 0.6) is 0 Å². The van der Waals surface area contributed by atoms with E-state index < -0.39 is 36.9 Å². The maximum atomic E-state index is 12.3. The minimum atomic E-state index is -1.25. The van der Waals surface area contributed by atoms with Crippen molar-refractivity contribution in [2.45, 2.75) is 173 Å². The molecular formula is C29H59NO5. The molecule has 0 aromatic carbocycles. The monoisotopic (exact) mass is 501 g/mol. The Morgan fingerprint density at radius 3 is 1.37 bits per heavy atom. The molecule has 210 valence electrons. The van der Waals surface area contributed by atoms with Crippen molar-refractivity contribution in [2.24, 2.45) is 0 Å². The summed E-state index contributed by atoms with van der Waals surface area (Å²) in [6.07, 6.45) is 19.9. The first-order valence-electron chi connectivity index (χ1n) is 14.9. The van der Waals surface area contributed by atoms with Crippen LogP contribution in [0.2, 0.25) is 0 Å². The van der Waals surface area contributed by atoms with Crippen LogP contribution in [-0.2, 0) is 4.79 Å². The molecule has 0 saturated carbocycles. The van der Waals surface area contributed by atoms with E-state index in [4.69, 9.17) is 0 Å². The fourth-order valence-electron chi connectivity index (χ4n) is 4.58. The molecule has 0 aliphatic rings. The van der Waals surface area contributed by atoms with Crippen LogP contribution in [0.1, 0.15) is 149 Å². The number of rotatable bonds is 26. The van der Waals surface area contributed by atoms with Gasteiger partial charge in [-0.05, 0) is 12.8 Å². The molecule has 6 heteroatoms. The highest BCUT2D eigenvalue weighted by Gasteiger charge is 2.28. The van der Waals surface area contributed by atoms with Gasteiger partial charge in [0.15, 0.2) is 0 Å². The Balaban J connectivity index is 3.90. The second-order valence-electron chi connectivity index (χ2n) is 10.5. The molecule has 0 aromatic heterocycles. The Hall–Kier alpha value is -0.690. The van der Waals surface area contributed by atoms with Crippen molar-refractivity contribution in [3.63, 3.8) is 0 Å². The molecule has 0 rings (SSSR count).